The van der Waals surface area contributed by atoms with Crippen molar-refractivity contribution in [3.63, 3.8) is 0 Å². The lowest BCUT2D eigenvalue weighted by Crippen LogP contribution is -2.53. The normalized spacial score (nSPS) is 21.2. The van der Waals surface area contributed by atoms with Crippen LogP contribution in [0, 0.1) is 5.92 Å². The molecule has 1 aliphatic carbocycles. The minimum atomic E-state index is -0.993. The van der Waals surface area contributed by atoms with Crippen LogP contribution in [0.25, 0.3) is 5.57 Å². The third-order valence-corrected chi connectivity index (χ3v) is 8.56. The van der Waals surface area contributed by atoms with E-state index in [0.717, 1.165) is 48.9 Å². The summed E-state index contributed by atoms with van der Waals surface area (Å²) in [6.07, 6.45) is 6.58. The van der Waals surface area contributed by atoms with Crippen molar-refractivity contribution in [3.05, 3.63) is 77.4 Å². The zero-order chi connectivity index (χ0) is 28.8. The van der Waals surface area contributed by atoms with Crippen molar-refractivity contribution in [3.8, 4) is 0 Å². The summed E-state index contributed by atoms with van der Waals surface area (Å²) >= 11 is 0. The molecule has 8 heteroatoms. The van der Waals surface area contributed by atoms with Gasteiger partial charge in [-0.2, -0.15) is 0 Å². The maximum atomic E-state index is 13.5. The zero-order valence-electron chi connectivity index (χ0n) is 23.4. The van der Waals surface area contributed by atoms with Gasteiger partial charge in [-0.25, -0.2) is 0 Å². The number of carboxylic acid groups (broad SMARTS) is 1. The number of likely N-dealkylation sites (tertiary alicyclic amines) is 1. The molecule has 0 radical (unpaired) electrons. The van der Waals surface area contributed by atoms with Gasteiger partial charge in [0.05, 0.1) is 12.0 Å². The van der Waals surface area contributed by atoms with Gasteiger partial charge in [0, 0.05) is 25.4 Å². The Morgan fingerprint density at radius 3 is 2.49 bits per heavy atom. The van der Waals surface area contributed by atoms with E-state index < -0.39 is 24.0 Å². The molecule has 2 heterocycles. The molecular weight excluding hydrogens is 518 g/mol. The minimum Gasteiger partial charge on any atom is -0.481 e. The van der Waals surface area contributed by atoms with Crippen LogP contribution in [0.1, 0.15) is 61.6 Å². The third-order valence-electron chi connectivity index (χ3n) is 8.56. The van der Waals surface area contributed by atoms with Crippen LogP contribution in [-0.2, 0) is 32.0 Å². The van der Waals surface area contributed by atoms with Crippen molar-refractivity contribution in [2.45, 2.75) is 75.9 Å². The summed E-state index contributed by atoms with van der Waals surface area (Å²) in [5.41, 5.74) is 4.18. The number of carbonyl (C=O) groups excluding carboxylic acids is 3. The first-order chi connectivity index (χ1) is 19.9. The number of allylic oxidation sites excluding steroid dienone is 2. The van der Waals surface area contributed by atoms with Gasteiger partial charge in [-0.15, -0.1) is 0 Å². The van der Waals surface area contributed by atoms with E-state index >= 15 is 0 Å². The second kappa shape index (κ2) is 13.3. The first kappa shape index (κ1) is 28.7. The van der Waals surface area contributed by atoms with Gasteiger partial charge < -0.3 is 20.6 Å². The number of carbonyl (C=O) groups is 4. The van der Waals surface area contributed by atoms with Crippen LogP contribution >= 0.6 is 0 Å². The number of hydrogen-bond donors (Lipinski definition) is 3. The molecule has 41 heavy (non-hydrogen) atoms. The molecule has 2 aromatic carbocycles. The Balaban J connectivity index is 1.25. The molecule has 0 aromatic heterocycles. The highest BCUT2D eigenvalue weighted by Crippen LogP contribution is 2.33. The summed E-state index contributed by atoms with van der Waals surface area (Å²) in [6, 6.07) is 16.3. The molecule has 2 fully saturated rings. The molecule has 8 nitrogen and oxygen atoms in total. The Labute approximate surface area is 241 Å². The minimum absolute atomic E-state index is 0.0251. The lowest BCUT2D eigenvalue weighted by Gasteiger charge is -2.28. The molecule has 2 aromatic rings. The van der Waals surface area contributed by atoms with Gasteiger partial charge in [0.1, 0.15) is 11.8 Å². The van der Waals surface area contributed by atoms with Gasteiger partial charge >= 0.3 is 5.97 Å². The van der Waals surface area contributed by atoms with Crippen molar-refractivity contribution in [2.24, 2.45) is 5.92 Å². The molecule has 216 valence electrons. The SMILES string of the molecule is O=C(C[C@H](Cc1ccccc1)NC(=O)[C@@H]1CCCN1C(=O)[C@@H]1CCCN1)C[C@@H](CC1=CCc2ccccc21)C(=O)O. The molecule has 0 saturated carbocycles. The molecule has 2 saturated heterocycles. The lowest BCUT2D eigenvalue weighted by molar-refractivity contribution is -0.143. The maximum absolute atomic E-state index is 13.5. The number of fused-ring (bicyclic) bond motifs is 1. The van der Waals surface area contributed by atoms with Crippen LogP contribution in [0.2, 0.25) is 0 Å². The number of benzene rings is 2. The van der Waals surface area contributed by atoms with Gasteiger partial charge in [-0.3, -0.25) is 19.2 Å². The number of aliphatic carboxylic acids is 1. The van der Waals surface area contributed by atoms with E-state index in [2.05, 4.69) is 16.7 Å². The topological polar surface area (TPSA) is 116 Å². The van der Waals surface area contributed by atoms with Crippen molar-refractivity contribution < 1.29 is 24.3 Å². The monoisotopic (exact) mass is 557 g/mol. The number of rotatable bonds is 12. The van der Waals surface area contributed by atoms with Crippen LogP contribution in [0.4, 0.5) is 0 Å². The van der Waals surface area contributed by atoms with E-state index in [1.807, 2.05) is 54.6 Å². The van der Waals surface area contributed by atoms with Crippen LogP contribution in [0.15, 0.2) is 60.7 Å². The van der Waals surface area contributed by atoms with E-state index in [4.69, 9.17) is 0 Å². The van der Waals surface area contributed by atoms with Gasteiger partial charge in [0.15, 0.2) is 0 Å². The van der Waals surface area contributed by atoms with E-state index in [1.165, 1.54) is 5.56 Å². The van der Waals surface area contributed by atoms with Crippen LogP contribution < -0.4 is 10.6 Å². The second-order valence-corrected chi connectivity index (χ2v) is 11.5. The highest BCUT2D eigenvalue weighted by atomic mass is 16.4. The van der Waals surface area contributed by atoms with E-state index in [0.29, 0.717) is 25.8 Å². The van der Waals surface area contributed by atoms with Gasteiger partial charge in [0.25, 0.3) is 0 Å². The number of nitrogens with zero attached hydrogens (tertiary/aromatic N) is 1. The molecule has 0 spiro atoms. The number of ketones is 1. The Bertz CT molecular complexity index is 1300. The third kappa shape index (κ3) is 7.11. The maximum Gasteiger partial charge on any atom is 0.307 e. The summed E-state index contributed by atoms with van der Waals surface area (Å²) in [5, 5.41) is 16.3. The van der Waals surface area contributed by atoms with Crippen LogP contribution in [0.3, 0.4) is 0 Å². The first-order valence-corrected chi connectivity index (χ1v) is 14.8. The standard InChI is InChI=1S/C33H39N3O5/c37-27(20-25(33(40)41)19-24-15-14-23-10-4-5-11-28(23)24)21-26(18-22-8-2-1-3-9-22)35-31(38)30-13-7-17-36(30)32(39)29-12-6-16-34-29/h1-5,8-11,15,25-26,29-30,34H,6-7,12-14,16-21H2,(H,35,38)(H,40,41)/t25-,26+,29+,30+/m1/s1. The predicted octanol–water partition coefficient (Wildman–Crippen LogP) is 3.54. The lowest BCUT2D eigenvalue weighted by atomic mass is 9.89. The Kier molecular flexibility index (Phi) is 9.29. The Morgan fingerprint density at radius 1 is 0.951 bits per heavy atom. The number of carboxylic acids is 1. The smallest absolute Gasteiger partial charge is 0.307 e. The van der Waals surface area contributed by atoms with Gasteiger partial charge in [0.2, 0.25) is 11.8 Å². The summed E-state index contributed by atoms with van der Waals surface area (Å²) in [4.78, 5) is 53.8. The first-order valence-electron chi connectivity index (χ1n) is 14.8. The fourth-order valence-corrected chi connectivity index (χ4v) is 6.46. The summed E-state index contributed by atoms with van der Waals surface area (Å²) in [5.74, 6) is -2.30. The van der Waals surface area contributed by atoms with Crippen molar-refractivity contribution >= 4 is 29.1 Å². The Hall–Kier alpha value is -3.78. The molecule has 2 aliphatic heterocycles. The molecule has 5 rings (SSSR count). The highest BCUT2D eigenvalue weighted by Gasteiger charge is 2.38. The van der Waals surface area contributed by atoms with Crippen LogP contribution in [-0.4, -0.2) is 64.8 Å². The predicted molar refractivity (Wildman–Crippen MR) is 156 cm³/mol. The molecule has 3 aliphatic rings. The van der Waals surface area contributed by atoms with Crippen molar-refractivity contribution in [2.75, 3.05) is 13.1 Å². The molecule has 0 bridgehead atoms. The summed E-state index contributed by atoms with van der Waals surface area (Å²) in [6.45, 7) is 1.36. The fourth-order valence-electron chi connectivity index (χ4n) is 6.46. The Morgan fingerprint density at radius 2 is 1.73 bits per heavy atom. The zero-order valence-corrected chi connectivity index (χ0v) is 23.4. The van der Waals surface area contributed by atoms with E-state index in [1.54, 1.807) is 4.90 Å². The van der Waals surface area contributed by atoms with Gasteiger partial charge in [-0.1, -0.05) is 60.7 Å². The average molecular weight is 558 g/mol. The van der Waals surface area contributed by atoms with E-state index in [9.17, 15) is 24.3 Å². The fraction of sp³-hybridized carbons (Fsp3) is 0.455. The quantitative estimate of drug-likeness (QED) is 0.368. The number of hydrogen-bond acceptors (Lipinski definition) is 5. The largest absolute Gasteiger partial charge is 0.481 e. The number of nitrogens with one attached hydrogen (secondary N) is 2. The molecular formula is C33H39N3O5. The average Bonchev–Trinajstić information content (AvgIpc) is 3.74. The number of Topliss-reactive ketones (excluding diaryl/α,β-unsaturated/α-hetero) is 1. The summed E-state index contributed by atoms with van der Waals surface area (Å²) < 4.78 is 0. The molecule has 4 atom stereocenters. The highest BCUT2D eigenvalue weighted by molar-refractivity contribution is 5.91. The van der Waals surface area contributed by atoms with Crippen molar-refractivity contribution in [1.82, 2.24) is 15.5 Å². The van der Waals surface area contributed by atoms with Crippen LogP contribution in [0.5, 0.6) is 0 Å². The molecule has 2 amide bonds. The molecule has 3 N–H and O–H groups in total. The summed E-state index contributed by atoms with van der Waals surface area (Å²) in [7, 11) is 0. The second-order valence-electron chi connectivity index (χ2n) is 11.5. The molecule has 0 unspecified atom stereocenters. The number of amides is 2. The van der Waals surface area contributed by atoms with Crippen molar-refractivity contribution in [1.29, 1.82) is 0 Å². The van der Waals surface area contributed by atoms with Gasteiger partial charge in [-0.05, 0) is 73.8 Å². The van der Waals surface area contributed by atoms with E-state index in [-0.39, 0.29) is 36.5 Å².